The SMILES string of the molecule is CC(C)C1=C(C(=O)N2[C@H](C)CC[C@H]2C(=O)N2CCC(N(C)C)CC2)SC2=N[C@@](C)(c3ccc(Cl)cc3)[C@@H](c3ccc(Cl)cc3)N21.CC(C)C1=C(C(=O)N2[C@H](C)CC[C@H]2C(=O)O)SC2=N[C@@](C)(c3ccc(Cl)cc3)[C@@H](c3ccc(Cl)cc3)N21.CN(C)C1CCNCC1. The van der Waals surface area contributed by atoms with E-state index in [2.05, 4.69) is 114 Å². The van der Waals surface area contributed by atoms with Gasteiger partial charge in [0.25, 0.3) is 11.8 Å². The van der Waals surface area contributed by atoms with Crippen molar-refractivity contribution in [1.29, 1.82) is 0 Å². The van der Waals surface area contributed by atoms with Crippen LogP contribution in [-0.2, 0) is 30.3 Å². The Balaban J connectivity index is 0.000000178. The number of amidine groups is 2. The quantitative estimate of drug-likeness (QED) is 0.139. The first kappa shape index (κ1) is 68.8. The van der Waals surface area contributed by atoms with Crippen molar-refractivity contribution in [2.45, 2.75) is 166 Å². The van der Waals surface area contributed by atoms with E-state index in [0.29, 0.717) is 55.2 Å². The summed E-state index contributed by atoms with van der Waals surface area (Å²) in [6.45, 7) is 20.5. The first-order chi connectivity index (χ1) is 43.2. The molecule has 21 heteroatoms. The number of aliphatic carboxylic acids is 1. The Kier molecular flexibility index (Phi) is 21.5. The second-order valence-electron chi connectivity index (χ2n) is 26.8. The lowest BCUT2D eigenvalue weighted by molar-refractivity contribution is -0.147. The zero-order valence-corrected chi connectivity index (χ0v) is 59.1. The molecule has 4 aromatic rings. The molecule has 0 unspecified atom stereocenters. The summed E-state index contributed by atoms with van der Waals surface area (Å²) >= 11 is 27.8. The number of likely N-dealkylation sites (tertiary alicyclic amines) is 3. The number of benzene rings is 4. The number of rotatable bonds is 12. The molecule has 8 aliphatic rings. The first-order valence-corrected chi connectivity index (χ1v) is 35.2. The third-order valence-electron chi connectivity index (χ3n) is 19.7. The van der Waals surface area contributed by atoms with Crippen molar-refractivity contribution in [2.75, 3.05) is 54.4 Å². The molecule has 91 heavy (non-hydrogen) atoms. The number of nitrogens with zero attached hydrogens (tertiary/aromatic N) is 9. The molecule has 0 bridgehead atoms. The fourth-order valence-corrected chi connectivity index (χ4v) is 17.8. The van der Waals surface area contributed by atoms with Gasteiger partial charge in [-0.1, -0.05) is 123 Å². The highest BCUT2D eigenvalue weighted by molar-refractivity contribution is 8.18. The largest absolute Gasteiger partial charge is 0.480 e. The number of hydrogen-bond acceptors (Lipinski definition) is 13. The van der Waals surface area contributed by atoms with Crippen molar-refractivity contribution < 1.29 is 24.3 Å². The molecule has 0 spiro atoms. The topological polar surface area (TPSA) is 148 Å². The minimum Gasteiger partial charge on any atom is -0.480 e. The molecule has 4 saturated heterocycles. The van der Waals surface area contributed by atoms with Crippen LogP contribution in [0.4, 0.5) is 0 Å². The number of hydrogen-bond donors (Lipinski definition) is 2. The number of carbonyl (C=O) groups is 4. The average molecular weight is 1360 g/mol. The normalized spacial score (nSPS) is 26.8. The van der Waals surface area contributed by atoms with Crippen molar-refractivity contribution in [3.63, 3.8) is 0 Å². The Morgan fingerprint density at radius 3 is 1.24 bits per heavy atom. The van der Waals surface area contributed by atoms with E-state index in [1.807, 2.05) is 102 Å². The van der Waals surface area contributed by atoms with Crippen LogP contribution in [0.2, 0.25) is 20.1 Å². The Bertz CT molecular complexity index is 3460. The number of piperidine rings is 2. The highest BCUT2D eigenvalue weighted by atomic mass is 35.5. The molecule has 2 N–H and O–H groups in total. The van der Waals surface area contributed by atoms with E-state index >= 15 is 0 Å². The van der Waals surface area contributed by atoms with Crippen LogP contribution < -0.4 is 5.32 Å². The summed E-state index contributed by atoms with van der Waals surface area (Å²) in [7, 11) is 8.53. The van der Waals surface area contributed by atoms with Gasteiger partial charge in [-0.25, -0.2) is 14.8 Å². The number of fused-ring (bicyclic) bond motifs is 2. The van der Waals surface area contributed by atoms with Gasteiger partial charge < -0.3 is 44.7 Å². The number of thioether (sulfide) groups is 2. The van der Waals surface area contributed by atoms with Crippen LogP contribution in [0, 0.1) is 11.8 Å². The third-order valence-corrected chi connectivity index (χ3v) is 22.8. The van der Waals surface area contributed by atoms with Crippen LogP contribution in [0.1, 0.15) is 141 Å². The molecule has 8 atom stereocenters. The molecular weight excluding hydrogens is 1270 g/mol. The maximum absolute atomic E-state index is 14.7. The van der Waals surface area contributed by atoms with Crippen LogP contribution in [0.25, 0.3) is 0 Å². The zero-order valence-electron chi connectivity index (χ0n) is 54.4. The van der Waals surface area contributed by atoms with Gasteiger partial charge in [-0.2, -0.15) is 0 Å². The van der Waals surface area contributed by atoms with Crippen LogP contribution >= 0.6 is 69.9 Å². The molecule has 4 aromatic carbocycles. The highest BCUT2D eigenvalue weighted by Crippen LogP contribution is 2.59. The second-order valence-corrected chi connectivity index (χ2v) is 30.5. The van der Waals surface area contributed by atoms with Gasteiger partial charge in [0.05, 0.1) is 12.1 Å². The predicted molar refractivity (Wildman–Crippen MR) is 373 cm³/mol. The summed E-state index contributed by atoms with van der Waals surface area (Å²) < 4.78 is 0. The second kappa shape index (κ2) is 28.5. The van der Waals surface area contributed by atoms with Crippen molar-refractivity contribution >= 4 is 104 Å². The first-order valence-electron chi connectivity index (χ1n) is 32.1. The summed E-state index contributed by atoms with van der Waals surface area (Å²) in [5, 5.41) is 17.3. The van der Waals surface area contributed by atoms with E-state index in [9.17, 15) is 24.3 Å². The molecule has 488 valence electrons. The lowest BCUT2D eigenvalue weighted by Gasteiger charge is -2.38. The van der Waals surface area contributed by atoms with Crippen LogP contribution in [0.5, 0.6) is 0 Å². The van der Waals surface area contributed by atoms with Crippen molar-refractivity contribution in [3.05, 3.63) is 161 Å². The van der Waals surface area contributed by atoms with Crippen LogP contribution in [-0.4, -0.2) is 164 Å². The Morgan fingerprint density at radius 1 is 0.538 bits per heavy atom. The van der Waals surface area contributed by atoms with E-state index in [0.717, 1.165) is 82.4 Å². The molecule has 0 saturated carbocycles. The summed E-state index contributed by atoms with van der Waals surface area (Å²) in [5.41, 5.74) is 4.68. The molecule has 0 radical (unpaired) electrons. The van der Waals surface area contributed by atoms with Gasteiger partial charge in [0.15, 0.2) is 10.3 Å². The predicted octanol–water partition coefficient (Wildman–Crippen LogP) is 14.2. The molecule has 0 aliphatic carbocycles. The van der Waals surface area contributed by atoms with E-state index < -0.39 is 29.1 Å². The molecular formula is C70H88Cl4N10O5S2. The number of amides is 3. The number of carboxylic acids is 1. The van der Waals surface area contributed by atoms with Crippen molar-refractivity contribution in [2.24, 2.45) is 21.8 Å². The molecule has 15 nitrogen and oxygen atoms in total. The molecule has 12 rings (SSSR count). The number of allylic oxidation sites excluding steroid dienone is 2. The Hall–Kier alpha value is -5.08. The molecule has 8 heterocycles. The third kappa shape index (κ3) is 13.9. The van der Waals surface area contributed by atoms with E-state index in [1.165, 1.54) is 49.5 Å². The van der Waals surface area contributed by atoms with Gasteiger partial charge in [-0.05, 0) is 226 Å². The average Bonchev–Trinajstić information content (AvgIpc) is 1.57. The maximum atomic E-state index is 14.7. The highest BCUT2D eigenvalue weighted by Gasteiger charge is 2.57. The lowest BCUT2D eigenvalue weighted by atomic mass is 9.81. The summed E-state index contributed by atoms with van der Waals surface area (Å²) in [4.78, 5) is 80.7. The van der Waals surface area contributed by atoms with Gasteiger partial charge in [0.1, 0.15) is 33.0 Å². The van der Waals surface area contributed by atoms with Gasteiger partial charge in [0, 0.05) is 68.7 Å². The fourth-order valence-electron chi connectivity index (χ4n) is 14.6. The standard InChI is InChI=1S/C35H43Cl2N5O2S.C28H29Cl2N3O3S.C7H16N2/c1-21(2)29-30(33(44)41-22(3)7-16-28(41)32(43)40-19-17-27(18-20-40)39(5)6)45-34-38-35(4,24-10-14-26(37)15-11-24)31(42(29)34)23-8-12-25(36)13-9-23;1-15(2)22-23(25(34)32-16(3)5-14-21(32)26(35)36)37-27-31-28(4,18-8-12-20(30)13-9-18)24(33(22)27)17-6-10-19(29)11-7-17;1-9(2)7-3-5-8-6-4-7/h8-15,21-22,27-28,31H,7,16-20H2,1-6H3;6-13,15-16,21,24H,5,14H2,1-4H3,(H,35,36);7-8H,3-6H2,1-2H3/t22-,28+,31-,35+;16-,21+,24-,28+;/m11./s1. The van der Waals surface area contributed by atoms with Crippen molar-refractivity contribution in [1.82, 2.24) is 39.6 Å². The maximum Gasteiger partial charge on any atom is 0.326 e. The summed E-state index contributed by atoms with van der Waals surface area (Å²) in [6.07, 6.45) is 7.19. The van der Waals surface area contributed by atoms with Crippen LogP contribution in [0.3, 0.4) is 0 Å². The van der Waals surface area contributed by atoms with E-state index in [1.54, 1.807) is 4.90 Å². The molecule has 4 fully saturated rings. The Morgan fingerprint density at radius 2 is 0.890 bits per heavy atom. The molecule has 8 aliphatic heterocycles. The lowest BCUT2D eigenvalue weighted by Crippen LogP contribution is -2.53. The van der Waals surface area contributed by atoms with Crippen LogP contribution in [0.15, 0.2) is 128 Å². The van der Waals surface area contributed by atoms with Gasteiger partial charge in [0.2, 0.25) is 5.91 Å². The number of carboxylic acid groups (broad SMARTS) is 1. The van der Waals surface area contributed by atoms with Gasteiger partial charge >= 0.3 is 5.97 Å². The Labute approximate surface area is 567 Å². The van der Waals surface area contributed by atoms with Gasteiger partial charge in [-0.3, -0.25) is 14.4 Å². The number of halogens is 4. The zero-order chi connectivity index (χ0) is 65.5. The van der Waals surface area contributed by atoms with E-state index in [-0.39, 0.29) is 53.7 Å². The van der Waals surface area contributed by atoms with Gasteiger partial charge in [-0.15, -0.1) is 0 Å². The molecule has 0 aromatic heterocycles. The minimum atomic E-state index is -0.959. The molecule has 3 amide bonds. The van der Waals surface area contributed by atoms with E-state index in [4.69, 9.17) is 56.4 Å². The number of aliphatic imine (C=N–C) groups is 2. The number of carbonyl (C=O) groups excluding carboxylic acids is 3. The monoisotopic (exact) mass is 1350 g/mol. The summed E-state index contributed by atoms with van der Waals surface area (Å²) in [6, 6.07) is 30.8. The van der Waals surface area contributed by atoms with Crippen molar-refractivity contribution in [3.8, 4) is 0 Å². The minimum absolute atomic E-state index is 0.00250. The number of nitrogens with one attached hydrogen (secondary N) is 1. The smallest absolute Gasteiger partial charge is 0.326 e. The fraction of sp³-hybridized carbons (Fsp3) is 0.514. The summed E-state index contributed by atoms with van der Waals surface area (Å²) in [5.74, 6) is -1.11.